The SMILES string of the molecule is Cc1cc(C)c(CN2CC[C@H](C(=O)O)C2)cc1CN1CCN(C)CC1. The third-order valence-corrected chi connectivity index (χ3v) is 5.80. The standard InChI is InChI=1S/C20H31N3O2/c1-15-10-16(2)19(14-23-5-4-17(12-23)20(24)25)11-18(15)13-22-8-6-21(3)7-9-22/h10-11,17H,4-9,12-14H2,1-3H3,(H,24,25)/t17-/m0/s1. The lowest BCUT2D eigenvalue weighted by molar-refractivity contribution is -0.141. The Balaban J connectivity index is 1.67. The van der Waals surface area contributed by atoms with E-state index in [2.05, 4.69) is 47.7 Å². The number of hydrogen-bond acceptors (Lipinski definition) is 4. The molecule has 1 aromatic carbocycles. The molecular weight excluding hydrogens is 314 g/mol. The van der Waals surface area contributed by atoms with E-state index in [9.17, 15) is 9.90 Å². The maximum Gasteiger partial charge on any atom is 0.307 e. The number of aryl methyl sites for hydroxylation is 2. The molecule has 5 heteroatoms. The Labute approximate surface area is 151 Å². The van der Waals surface area contributed by atoms with E-state index in [0.717, 1.165) is 52.2 Å². The molecule has 0 aromatic heterocycles. The van der Waals surface area contributed by atoms with E-state index in [1.165, 1.54) is 22.3 Å². The van der Waals surface area contributed by atoms with Crippen molar-refractivity contribution in [2.24, 2.45) is 5.92 Å². The molecule has 2 saturated heterocycles. The topological polar surface area (TPSA) is 47.0 Å². The van der Waals surface area contributed by atoms with Gasteiger partial charge >= 0.3 is 5.97 Å². The minimum absolute atomic E-state index is 0.199. The number of carbonyl (C=O) groups is 1. The van der Waals surface area contributed by atoms with Crippen LogP contribution in [-0.2, 0) is 17.9 Å². The number of aliphatic carboxylic acids is 1. The van der Waals surface area contributed by atoms with E-state index in [1.54, 1.807) is 0 Å². The van der Waals surface area contributed by atoms with Gasteiger partial charge in [-0.1, -0.05) is 12.1 Å². The molecule has 25 heavy (non-hydrogen) atoms. The minimum atomic E-state index is -0.654. The lowest BCUT2D eigenvalue weighted by Gasteiger charge is -2.33. The zero-order chi connectivity index (χ0) is 18.0. The fraction of sp³-hybridized carbons (Fsp3) is 0.650. The Hall–Kier alpha value is -1.43. The van der Waals surface area contributed by atoms with Crippen LogP contribution < -0.4 is 0 Å². The normalized spacial score (nSPS) is 23.2. The highest BCUT2D eigenvalue weighted by atomic mass is 16.4. The van der Waals surface area contributed by atoms with Crippen molar-refractivity contribution in [3.8, 4) is 0 Å². The number of benzene rings is 1. The Kier molecular flexibility index (Phi) is 5.77. The molecule has 0 aliphatic carbocycles. The number of carboxylic acid groups (broad SMARTS) is 1. The zero-order valence-electron chi connectivity index (χ0n) is 15.8. The number of hydrogen-bond donors (Lipinski definition) is 1. The van der Waals surface area contributed by atoms with Crippen LogP contribution in [0.4, 0.5) is 0 Å². The summed E-state index contributed by atoms with van der Waals surface area (Å²) >= 11 is 0. The first-order chi connectivity index (χ1) is 11.9. The first-order valence-corrected chi connectivity index (χ1v) is 9.37. The average molecular weight is 345 g/mol. The molecule has 2 heterocycles. The van der Waals surface area contributed by atoms with Gasteiger partial charge in [-0.3, -0.25) is 14.6 Å². The van der Waals surface area contributed by atoms with Crippen LogP contribution in [-0.4, -0.2) is 72.1 Å². The van der Waals surface area contributed by atoms with Crippen molar-refractivity contribution in [3.63, 3.8) is 0 Å². The fourth-order valence-corrected chi connectivity index (χ4v) is 3.95. The van der Waals surface area contributed by atoms with Crippen LogP contribution in [0.1, 0.15) is 28.7 Å². The molecule has 5 nitrogen and oxygen atoms in total. The monoisotopic (exact) mass is 345 g/mol. The van der Waals surface area contributed by atoms with Crippen molar-refractivity contribution in [1.82, 2.24) is 14.7 Å². The van der Waals surface area contributed by atoms with Crippen molar-refractivity contribution in [2.75, 3.05) is 46.3 Å². The summed E-state index contributed by atoms with van der Waals surface area (Å²) in [4.78, 5) is 18.4. The van der Waals surface area contributed by atoms with Gasteiger partial charge in [0.25, 0.3) is 0 Å². The van der Waals surface area contributed by atoms with E-state index in [1.807, 2.05) is 0 Å². The Bertz CT molecular complexity index is 624. The summed E-state index contributed by atoms with van der Waals surface area (Å²) in [6.45, 7) is 12.4. The third kappa shape index (κ3) is 4.60. The Morgan fingerprint density at radius 2 is 1.60 bits per heavy atom. The molecule has 138 valence electrons. The van der Waals surface area contributed by atoms with E-state index in [-0.39, 0.29) is 5.92 Å². The second-order valence-corrected chi connectivity index (χ2v) is 7.84. The van der Waals surface area contributed by atoms with Gasteiger partial charge in [0.15, 0.2) is 0 Å². The highest BCUT2D eigenvalue weighted by molar-refractivity contribution is 5.70. The summed E-state index contributed by atoms with van der Waals surface area (Å²) in [5.41, 5.74) is 5.45. The predicted molar refractivity (Wildman–Crippen MR) is 99.7 cm³/mol. The minimum Gasteiger partial charge on any atom is -0.481 e. The molecule has 1 aromatic rings. The van der Waals surface area contributed by atoms with Crippen LogP contribution in [0.3, 0.4) is 0 Å². The van der Waals surface area contributed by atoms with Crippen molar-refractivity contribution < 1.29 is 9.90 Å². The first kappa shape index (κ1) is 18.4. The summed E-state index contributed by atoms with van der Waals surface area (Å²) in [6.07, 6.45) is 0.772. The Morgan fingerprint density at radius 1 is 1.00 bits per heavy atom. The molecule has 2 aliphatic rings. The van der Waals surface area contributed by atoms with Crippen molar-refractivity contribution in [3.05, 3.63) is 34.4 Å². The van der Waals surface area contributed by atoms with Gasteiger partial charge < -0.3 is 10.0 Å². The largest absolute Gasteiger partial charge is 0.481 e. The van der Waals surface area contributed by atoms with Gasteiger partial charge in [-0.2, -0.15) is 0 Å². The summed E-state index contributed by atoms with van der Waals surface area (Å²) in [6, 6.07) is 4.66. The molecular formula is C20H31N3O2. The quantitative estimate of drug-likeness (QED) is 0.884. The molecule has 2 aliphatic heterocycles. The number of carboxylic acids is 1. The molecule has 3 rings (SSSR count). The van der Waals surface area contributed by atoms with Crippen LogP contribution in [0.2, 0.25) is 0 Å². The molecule has 0 amide bonds. The zero-order valence-corrected chi connectivity index (χ0v) is 15.8. The van der Waals surface area contributed by atoms with E-state index in [4.69, 9.17) is 0 Å². The summed E-state index contributed by atoms with van der Waals surface area (Å²) in [7, 11) is 2.19. The van der Waals surface area contributed by atoms with Gasteiger partial charge in [0.2, 0.25) is 0 Å². The van der Waals surface area contributed by atoms with Crippen LogP contribution in [0, 0.1) is 19.8 Å². The number of rotatable bonds is 5. The van der Waals surface area contributed by atoms with Crippen molar-refractivity contribution >= 4 is 5.97 Å². The number of piperazine rings is 1. The van der Waals surface area contributed by atoms with Gasteiger partial charge in [0.1, 0.15) is 0 Å². The van der Waals surface area contributed by atoms with Gasteiger partial charge in [-0.25, -0.2) is 0 Å². The van der Waals surface area contributed by atoms with E-state index >= 15 is 0 Å². The van der Waals surface area contributed by atoms with Crippen molar-refractivity contribution in [2.45, 2.75) is 33.4 Å². The molecule has 0 spiro atoms. The highest BCUT2D eigenvalue weighted by Crippen LogP contribution is 2.23. The third-order valence-electron chi connectivity index (χ3n) is 5.80. The summed E-state index contributed by atoms with van der Waals surface area (Å²) in [5, 5.41) is 9.20. The molecule has 1 atom stereocenters. The van der Waals surface area contributed by atoms with Gasteiger partial charge in [0, 0.05) is 45.8 Å². The molecule has 0 radical (unpaired) electrons. The molecule has 0 bridgehead atoms. The number of nitrogens with zero attached hydrogens (tertiary/aromatic N) is 3. The maximum absolute atomic E-state index is 11.2. The van der Waals surface area contributed by atoms with E-state index < -0.39 is 5.97 Å². The van der Waals surface area contributed by atoms with Crippen LogP contribution in [0.25, 0.3) is 0 Å². The molecule has 2 fully saturated rings. The van der Waals surface area contributed by atoms with E-state index in [0.29, 0.717) is 6.54 Å². The number of likely N-dealkylation sites (N-methyl/N-ethyl adjacent to an activating group) is 1. The van der Waals surface area contributed by atoms with Crippen LogP contribution >= 0.6 is 0 Å². The summed E-state index contributed by atoms with van der Waals surface area (Å²) < 4.78 is 0. The maximum atomic E-state index is 11.2. The molecule has 0 unspecified atom stereocenters. The summed E-state index contributed by atoms with van der Waals surface area (Å²) in [5.74, 6) is -0.852. The van der Waals surface area contributed by atoms with Crippen molar-refractivity contribution in [1.29, 1.82) is 0 Å². The predicted octanol–water partition coefficient (Wildman–Crippen LogP) is 1.96. The van der Waals surface area contributed by atoms with Crippen LogP contribution in [0.5, 0.6) is 0 Å². The van der Waals surface area contributed by atoms with Gasteiger partial charge in [-0.05, 0) is 56.1 Å². The average Bonchev–Trinajstić information content (AvgIpc) is 3.03. The molecule has 0 saturated carbocycles. The van der Waals surface area contributed by atoms with Crippen LogP contribution in [0.15, 0.2) is 12.1 Å². The molecule has 1 N–H and O–H groups in total. The second-order valence-electron chi connectivity index (χ2n) is 7.84. The fourth-order valence-electron chi connectivity index (χ4n) is 3.95. The lowest BCUT2D eigenvalue weighted by atomic mass is 9.99. The first-order valence-electron chi connectivity index (χ1n) is 9.37. The van der Waals surface area contributed by atoms with Gasteiger partial charge in [-0.15, -0.1) is 0 Å². The number of likely N-dealkylation sites (tertiary alicyclic amines) is 1. The lowest BCUT2D eigenvalue weighted by Crippen LogP contribution is -2.44. The second kappa shape index (κ2) is 7.85. The Morgan fingerprint density at radius 3 is 2.16 bits per heavy atom. The highest BCUT2D eigenvalue weighted by Gasteiger charge is 2.28. The smallest absolute Gasteiger partial charge is 0.307 e. The van der Waals surface area contributed by atoms with Gasteiger partial charge in [0.05, 0.1) is 5.92 Å².